The first kappa shape index (κ1) is 14.8. The van der Waals surface area contributed by atoms with Gasteiger partial charge in [0.05, 0.1) is 6.61 Å². The third-order valence-electron chi connectivity index (χ3n) is 2.80. The van der Waals surface area contributed by atoms with Gasteiger partial charge in [0.15, 0.2) is 5.71 Å². The van der Waals surface area contributed by atoms with Gasteiger partial charge in [0.25, 0.3) is 5.91 Å². The Morgan fingerprint density at radius 2 is 2.14 bits per heavy atom. The lowest BCUT2D eigenvalue weighted by Gasteiger charge is -2.10. The number of nitrogens with one attached hydrogen (secondary N) is 1. The average Bonchev–Trinajstić information content (AvgIpc) is 2.97. The zero-order valence-electron chi connectivity index (χ0n) is 11.5. The zero-order valence-corrected chi connectivity index (χ0v) is 11.5. The third kappa shape index (κ3) is 3.95. The van der Waals surface area contributed by atoms with Crippen molar-refractivity contribution in [3.63, 3.8) is 0 Å². The lowest BCUT2D eigenvalue weighted by atomic mass is 10.1. The second-order valence-electron chi connectivity index (χ2n) is 4.50. The minimum atomic E-state index is -1.18. The van der Waals surface area contributed by atoms with Gasteiger partial charge in [-0.25, -0.2) is 4.79 Å². The van der Waals surface area contributed by atoms with Crippen LogP contribution >= 0.6 is 0 Å². The maximum atomic E-state index is 11.9. The van der Waals surface area contributed by atoms with E-state index in [0.717, 1.165) is 12.2 Å². The van der Waals surface area contributed by atoms with Crippen molar-refractivity contribution in [1.82, 2.24) is 0 Å². The number of oxime groups is 1. The Morgan fingerprint density at radius 3 is 2.71 bits per heavy atom. The molecule has 1 atom stereocenters. The minimum absolute atomic E-state index is 0.0428. The quantitative estimate of drug-likeness (QED) is 0.830. The van der Waals surface area contributed by atoms with Gasteiger partial charge in [0.2, 0.25) is 6.10 Å². The van der Waals surface area contributed by atoms with E-state index >= 15 is 0 Å². The van der Waals surface area contributed by atoms with Crippen molar-refractivity contribution in [1.29, 1.82) is 0 Å². The molecule has 1 aliphatic rings. The molecule has 0 aliphatic carbocycles. The highest BCUT2D eigenvalue weighted by molar-refractivity contribution is 6.36. The van der Waals surface area contributed by atoms with Gasteiger partial charge in [-0.1, -0.05) is 12.1 Å². The Labute approximate surface area is 121 Å². The summed E-state index contributed by atoms with van der Waals surface area (Å²) in [6, 6.07) is 6.91. The fourth-order valence-electron chi connectivity index (χ4n) is 1.72. The summed E-state index contributed by atoms with van der Waals surface area (Å²) in [6.45, 7) is 2.65. The van der Waals surface area contributed by atoms with E-state index in [1.54, 1.807) is 24.3 Å². The van der Waals surface area contributed by atoms with Crippen molar-refractivity contribution in [2.75, 3.05) is 11.9 Å². The van der Waals surface area contributed by atoms with Crippen LogP contribution < -0.4 is 10.1 Å². The fourth-order valence-corrected chi connectivity index (χ4v) is 1.72. The van der Waals surface area contributed by atoms with Gasteiger partial charge in [-0.2, -0.15) is 0 Å². The van der Waals surface area contributed by atoms with E-state index in [-0.39, 0.29) is 12.1 Å². The van der Waals surface area contributed by atoms with Gasteiger partial charge >= 0.3 is 5.97 Å². The van der Waals surface area contributed by atoms with Crippen molar-refractivity contribution in [3.05, 3.63) is 24.3 Å². The number of carboxylic acid groups (broad SMARTS) is 1. The molecule has 0 aromatic heterocycles. The molecule has 0 saturated carbocycles. The molecule has 1 amide bonds. The lowest BCUT2D eigenvalue weighted by Crippen LogP contribution is -2.28. The second-order valence-corrected chi connectivity index (χ2v) is 4.50. The average molecular weight is 292 g/mol. The summed E-state index contributed by atoms with van der Waals surface area (Å²) in [5.41, 5.74) is 0.426. The van der Waals surface area contributed by atoms with E-state index in [4.69, 9.17) is 14.7 Å². The van der Waals surface area contributed by atoms with Crippen LogP contribution in [0.3, 0.4) is 0 Å². The Bertz CT molecular complexity index is 553. The molecule has 7 nitrogen and oxygen atoms in total. The van der Waals surface area contributed by atoms with E-state index < -0.39 is 18.0 Å². The number of hydrogen-bond acceptors (Lipinski definition) is 5. The molecule has 0 radical (unpaired) electrons. The summed E-state index contributed by atoms with van der Waals surface area (Å²) in [5.74, 6) is -0.886. The number of aliphatic carboxylic acids is 1. The molecule has 21 heavy (non-hydrogen) atoms. The van der Waals surface area contributed by atoms with Crippen LogP contribution in [-0.2, 0) is 14.4 Å². The molecule has 0 fully saturated rings. The molecule has 0 spiro atoms. The minimum Gasteiger partial charge on any atom is -0.494 e. The summed E-state index contributed by atoms with van der Waals surface area (Å²) in [4.78, 5) is 27.4. The Hall–Kier alpha value is -2.57. The standard InChI is InChI=1S/C14H16N2O5/c1-2-7-20-10-5-3-9(4-6-10)15-13(17)12-8-11(14(18)19)16-21-12/h3-6,12H,2,7-8H2,1H3,(H,15,17)(H,18,19). The van der Waals surface area contributed by atoms with Crippen LogP contribution in [0.5, 0.6) is 5.75 Å². The number of ether oxygens (including phenoxy) is 1. The summed E-state index contributed by atoms with van der Waals surface area (Å²) in [6.07, 6.45) is -0.0328. The molecule has 0 saturated heterocycles. The maximum Gasteiger partial charge on any atom is 0.353 e. The Balaban J connectivity index is 1.87. The van der Waals surface area contributed by atoms with Crippen molar-refractivity contribution in [3.8, 4) is 5.75 Å². The van der Waals surface area contributed by atoms with Gasteiger partial charge in [0, 0.05) is 12.1 Å². The summed E-state index contributed by atoms with van der Waals surface area (Å²) in [7, 11) is 0. The van der Waals surface area contributed by atoms with Gasteiger partial charge in [-0.15, -0.1) is 0 Å². The van der Waals surface area contributed by atoms with Crippen LogP contribution in [0.25, 0.3) is 0 Å². The summed E-state index contributed by atoms with van der Waals surface area (Å²) in [5, 5.41) is 14.8. The van der Waals surface area contributed by atoms with Crippen LogP contribution in [0.2, 0.25) is 0 Å². The molecule has 2 N–H and O–H groups in total. The number of anilines is 1. The predicted octanol–water partition coefficient (Wildman–Crippen LogP) is 1.64. The first-order chi connectivity index (χ1) is 10.1. The smallest absolute Gasteiger partial charge is 0.353 e. The van der Waals surface area contributed by atoms with E-state index in [9.17, 15) is 9.59 Å². The lowest BCUT2D eigenvalue weighted by molar-refractivity contribution is -0.129. The number of hydrogen-bond donors (Lipinski definition) is 2. The number of carbonyl (C=O) groups is 2. The fraction of sp³-hybridized carbons (Fsp3) is 0.357. The molecule has 1 unspecified atom stereocenters. The van der Waals surface area contributed by atoms with Crippen molar-refractivity contribution in [2.45, 2.75) is 25.9 Å². The van der Waals surface area contributed by atoms with Crippen LogP contribution in [0.15, 0.2) is 29.4 Å². The topological polar surface area (TPSA) is 97.2 Å². The molecule has 0 bridgehead atoms. The van der Waals surface area contributed by atoms with Crippen LogP contribution in [0, 0.1) is 0 Å². The van der Waals surface area contributed by atoms with Gasteiger partial charge < -0.3 is 20.0 Å². The Morgan fingerprint density at radius 1 is 1.43 bits per heavy atom. The Kier molecular flexibility index (Phi) is 4.76. The highest BCUT2D eigenvalue weighted by Crippen LogP contribution is 2.18. The molecule has 1 aromatic rings. The predicted molar refractivity (Wildman–Crippen MR) is 75.4 cm³/mol. The molecule has 1 aliphatic heterocycles. The van der Waals surface area contributed by atoms with Gasteiger partial charge in [-0.3, -0.25) is 4.79 Å². The summed E-state index contributed by atoms with van der Waals surface area (Å²) < 4.78 is 5.43. The van der Waals surface area contributed by atoms with E-state index in [2.05, 4.69) is 10.5 Å². The normalized spacial score (nSPS) is 16.8. The molecule has 112 valence electrons. The van der Waals surface area contributed by atoms with Crippen LogP contribution in [0.4, 0.5) is 5.69 Å². The second kappa shape index (κ2) is 6.74. The SMILES string of the molecule is CCCOc1ccc(NC(=O)C2CC(C(=O)O)=NO2)cc1. The number of benzene rings is 1. The maximum absolute atomic E-state index is 11.9. The van der Waals surface area contributed by atoms with Crippen molar-refractivity contribution < 1.29 is 24.3 Å². The van der Waals surface area contributed by atoms with Crippen LogP contribution in [0.1, 0.15) is 19.8 Å². The number of amides is 1. The van der Waals surface area contributed by atoms with E-state index in [0.29, 0.717) is 12.3 Å². The van der Waals surface area contributed by atoms with E-state index in [1.807, 2.05) is 6.92 Å². The number of carbonyl (C=O) groups excluding carboxylic acids is 1. The van der Waals surface area contributed by atoms with Crippen molar-refractivity contribution >= 4 is 23.3 Å². The highest BCUT2D eigenvalue weighted by atomic mass is 16.6. The molecule has 1 heterocycles. The molecular weight excluding hydrogens is 276 g/mol. The third-order valence-corrected chi connectivity index (χ3v) is 2.80. The molecular formula is C14H16N2O5. The molecule has 2 rings (SSSR count). The first-order valence-electron chi connectivity index (χ1n) is 6.60. The number of carboxylic acids is 1. The zero-order chi connectivity index (χ0) is 15.2. The largest absolute Gasteiger partial charge is 0.494 e. The van der Waals surface area contributed by atoms with Crippen molar-refractivity contribution in [2.24, 2.45) is 5.16 Å². The molecule has 7 heteroatoms. The van der Waals surface area contributed by atoms with Gasteiger partial charge in [0.1, 0.15) is 5.75 Å². The number of rotatable bonds is 6. The molecule has 1 aromatic carbocycles. The van der Waals surface area contributed by atoms with Crippen LogP contribution in [-0.4, -0.2) is 35.4 Å². The van der Waals surface area contributed by atoms with Gasteiger partial charge in [-0.05, 0) is 30.7 Å². The monoisotopic (exact) mass is 292 g/mol. The summed E-state index contributed by atoms with van der Waals surface area (Å²) >= 11 is 0. The number of nitrogens with zero attached hydrogens (tertiary/aromatic N) is 1. The first-order valence-corrected chi connectivity index (χ1v) is 6.60. The van der Waals surface area contributed by atoms with E-state index in [1.165, 1.54) is 0 Å². The highest BCUT2D eigenvalue weighted by Gasteiger charge is 2.31.